The van der Waals surface area contributed by atoms with Crippen molar-refractivity contribution >= 4 is 5.91 Å². The number of amides is 1. The lowest BCUT2D eigenvalue weighted by molar-refractivity contribution is 0.0363. The molecule has 6 nitrogen and oxygen atoms in total. The molecule has 0 atom stereocenters. The highest BCUT2D eigenvalue weighted by atomic mass is 16.3. The van der Waals surface area contributed by atoms with Crippen LogP contribution in [-0.4, -0.2) is 50.0 Å². The van der Waals surface area contributed by atoms with Gasteiger partial charge in [0.25, 0.3) is 5.91 Å². The smallest absolute Gasteiger partial charge is 0.278 e. The Balaban J connectivity index is 2.25. The molecule has 0 aliphatic heterocycles. The number of nitrogens with zero attached hydrogens (tertiary/aromatic N) is 3. The number of likely N-dealkylation sites (N-methyl/N-ethyl adjacent to an activating group) is 1. The third-order valence-electron chi connectivity index (χ3n) is 3.69. The van der Waals surface area contributed by atoms with Crippen molar-refractivity contribution in [2.45, 2.75) is 39.2 Å². The highest BCUT2D eigenvalue weighted by Crippen LogP contribution is 2.22. The van der Waals surface area contributed by atoms with Crippen LogP contribution in [0.15, 0.2) is 30.5 Å². The summed E-state index contributed by atoms with van der Waals surface area (Å²) in [5.74, 6) is -0.194. The normalized spacial score (nSPS) is 11.8. The highest BCUT2D eigenvalue weighted by molar-refractivity contribution is 5.94. The quantitative estimate of drug-likeness (QED) is 0.882. The summed E-state index contributed by atoms with van der Waals surface area (Å²) in [6.45, 7) is 7.60. The number of hydrogen-bond donors (Lipinski definition) is 2. The van der Waals surface area contributed by atoms with Crippen molar-refractivity contribution in [3.63, 3.8) is 0 Å². The van der Waals surface area contributed by atoms with Crippen LogP contribution in [0.3, 0.4) is 0 Å². The van der Waals surface area contributed by atoms with Crippen molar-refractivity contribution in [1.82, 2.24) is 14.7 Å². The van der Waals surface area contributed by atoms with E-state index in [0.29, 0.717) is 5.92 Å². The summed E-state index contributed by atoms with van der Waals surface area (Å²) in [6.07, 6.45) is 1.41. The van der Waals surface area contributed by atoms with Gasteiger partial charge in [-0.3, -0.25) is 4.79 Å². The second-order valence-electron chi connectivity index (χ2n) is 7.03. The van der Waals surface area contributed by atoms with Crippen molar-refractivity contribution < 1.29 is 15.0 Å². The molecule has 130 valence electrons. The average molecular weight is 331 g/mol. The standard InChI is InChI=1S/C18H25N3O3/c1-12(2)13-6-8-14(9-7-13)21-10-15(22)16(19-21)17(23)20(5)11-18(3,4)24/h6-10,12,22,24H,11H2,1-5H3. The molecular formula is C18H25N3O3. The zero-order chi connectivity index (χ0) is 18.1. The summed E-state index contributed by atoms with van der Waals surface area (Å²) in [7, 11) is 1.57. The Morgan fingerprint density at radius 1 is 1.29 bits per heavy atom. The van der Waals surface area contributed by atoms with Crippen LogP contribution in [0.5, 0.6) is 5.75 Å². The van der Waals surface area contributed by atoms with Crippen LogP contribution < -0.4 is 0 Å². The molecule has 0 radical (unpaired) electrons. The topological polar surface area (TPSA) is 78.6 Å². The molecule has 0 aliphatic rings. The van der Waals surface area contributed by atoms with Crippen LogP contribution in [0.25, 0.3) is 5.69 Å². The first-order chi connectivity index (χ1) is 11.1. The van der Waals surface area contributed by atoms with E-state index < -0.39 is 11.5 Å². The lowest BCUT2D eigenvalue weighted by atomic mass is 10.0. The van der Waals surface area contributed by atoms with Gasteiger partial charge < -0.3 is 15.1 Å². The predicted molar refractivity (Wildman–Crippen MR) is 92.6 cm³/mol. The van der Waals surface area contributed by atoms with Gasteiger partial charge in [0, 0.05) is 13.6 Å². The minimum Gasteiger partial charge on any atom is -0.504 e. The summed E-state index contributed by atoms with van der Waals surface area (Å²) in [5.41, 5.74) is 0.917. The number of hydrogen-bond acceptors (Lipinski definition) is 4. The van der Waals surface area contributed by atoms with E-state index in [1.807, 2.05) is 24.3 Å². The first-order valence-corrected chi connectivity index (χ1v) is 7.95. The van der Waals surface area contributed by atoms with Crippen molar-refractivity contribution in [3.05, 3.63) is 41.7 Å². The van der Waals surface area contributed by atoms with Crippen molar-refractivity contribution in [1.29, 1.82) is 0 Å². The summed E-state index contributed by atoms with van der Waals surface area (Å²) < 4.78 is 1.48. The Morgan fingerprint density at radius 2 is 1.88 bits per heavy atom. The Kier molecular flexibility index (Phi) is 4.99. The number of aromatic nitrogens is 2. The maximum absolute atomic E-state index is 12.4. The van der Waals surface area contributed by atoms with Gasteiger partial charge in [-0.1, -0.05) is 26.0 Å². The number of rotatable bonds is 5. The fourth-order valence-electron chi connectivity index (χ4n) is 2.49. The number of carbonyl (C=O) groups excluding carboxylic acids is 1. The fourth-order valence-corrected chi connectivity index (χ4v) is 2.49. The van der Waals surface area contributed by atoms with Crippen LogP contribution in [0.4, 0.5) is 0 Å². The second-order valence-corrected chi connectivity index (χ2v) is 7.03. The fraction of sp³-hybridized carbons (Fsp3) is 0.444. The minimum atomic E-state index is -1.02. The van der Waals surface area contributed by atoms with Gasteiger partial charge in [-0.25, -0.2) is 4.68 Å². The largest absolute Gasteiger partial charge is 0.504 e. The molecule has 1 amide bonds. The van der Waals surface area contributed by atoms with Crippen LogP contribution in [0.2, 0.25) is 0 Å². The lowest BCUT2D eigenvalue weighted by Crippen LogP contribution is -2.39. The molecule has 0 saturated carbocycles. The number of carbonyl (C=O) groups is 1. The molecule has 0 unspecified atom stereocenters. The molecule has 2 rings (SSSR count). The van der Waals surface area contributed by atoms with Crippen LogP contribution in [-0.2, 0) is 0 Å². The van der Waals surface area contributed by atoms with Crippen molar-refractivity contribution in [3.8, 4) is 11.4 Å². The van der Waals surface area contributed by atoms with Gasteiger partial charge in [0.1, 0.15) is 0 Å². The third kappa shape index (κ3) is 4.14. The van der Waals surface area contributed by atoms with E-state index in [1.54, 1.807) is 20.9 Å². The third-order valence-corrected chi connectivity index (χ3v) is 3.69. The zero-order valence-corrected chi connectivity index (χ0v) is 14.8. The molecule has 1 heterocycles. The summed E-state index contributed by atoms with van der Waals surface area (Å²) in [5, 5.41) is 24.1. The molecule has 1 aromatic heterocycles. The van der Waals surface area contributed by atoms with E-state index in [9.17, 15) is 15.0 Å². The van der Waals surface area contributed by atoms with Gasteiger partial charge in [-0.2, -0.15) is 5.10 Å². The summed E-state index contributed by atoms with van der Waals surface area (Å²) in [4.78, 5) is 13.8. The van der Waals surface area contributed by atoms with Gasteiger partial charge in [0.15, 0.2) is 11.4 Å². The monoisotopic (exact) mass is 331 g/mol. The summed E-state index contributed by atoms with van der Waals surface area (Å²) in [6, 6.07) is 7.80. The van der Waals surface area contributed by atoms with Gasteiger partial charge >= 0.3 is 0 Å². The number of aliphatic hydroxyl groups is 1. The molecule has 1 aromatic carbocycles. The predicted octanol–water partition coefficient (Wildman–Crippen LogP) is 2.54. The Bertz CT molecular complexity index is 712. The molecule has 0 spiro atoms. The molecule has 0 fully saturated rings. The van der Waals surface area contributed by atoms with Gasteiger partial charge in [0.05, 0.1) is 17.5 Å². The molecule has 2 aromatic rings. The molecule has 0 saturated heterocycles. The molecule has 0 aliphatic carbocycles. The number of aromatic hydroxyl groups is 1. The Morgan fingerprint density at radius 3 is 2.38 bits per heavy atom. The minimum absolute atomic E-state index is 0.0327. The van der Waals surface area contributed by atoms with Crippen molar-refractivity contribution in [2.75, 3.05) is 13.6 Å². The van der Waals surface area contributed by atoms with E-state index in [-0.39, 0.29) is 18.0 Å². The van der Waals surface area contributed by atoms with E-state index in [4.69, 9.17) is 0 Å². The van der Waals surface area contributed by atoms with E-state index >= 15 is 0 Å². The van der Waals surface area contributed by atoms with E-state index in [2.05, 4.69) is 18.9 Å². The average Bonchev–Trinajstić information content (AvgIpc) is 2.86. The second kappa shape index (κ2) is 6.65. The molecule has 0 bridgehead atoms. The summed E-state index contributed by atoms with van der Waals surface area (Å²) >= 11 is 0. The maximum Gasteiger partial charge on any atom is 0.278 e. The van der Waals surface area contributed by atoms with Crippen LogP contribution in [0, 0.1) is 0 Å². The van der Waals surface area contributed by atoms with Gasteiger partial charge in [0.2, 0.25) is 0 Å². The van der Waals surface area contributed by atoms with Crippen molar-refractivity contribution in [2.24, 2.45) is 0 Å². The van der Waals surface area contributed by atoms with Crippen LogP contribution in [0.1, 0.15) is 49.7 Å². The lowest BCUT2D eigenvalue weighted by Gasteiger charge is -2.24. The molecule has 2 N–H and O–H groups in total. The van der Waals surface area contributed by atoms with E-state index in [1.165, 1.54) is 21.3 Å². The SMILES string of the molecule is CC(C)c1ccc(-n2cc(O)c(C(=O)N(C)CC(C)(C)O)n2)cc1. The van der Waals surface area contributed by atoms with E-state index in [0.717, 1.165) is 5.69 Å². The Labute approximate surface area is 142 Å². The first kappa shape index (κ1) is 18.0. The maximum atomic E-state index is 12.4. The highest BCUT2D eigenvalue weighted by Gasteiger charge is 2.25. The van der Waals surface area contributed by atoms with Crippen LogP contribution >= 0.6 is 0 Å². The first-order valence-electron chi connectivity index (χ1n) is 7.95. The zero-order valence-electron chi connectivity index (χ0n) is 14.8. The Hall–Kier alpha value is -2.34. The van der Waals surface area contributed by atoms with Gasteiger partial charge in [-0.05, 0) is 37.5 Å². The van der Waals surface area contributed by atoms with Gasteiger partial charge in [-0.15, -0.1) is 0 Å². The molecule has 24 heavy (non-hydrogen) atoms. The molecular weight excluding hydrogens is 306 g/mol. The molecule has 6 heteroatoms. The number of benzene rings is 1.